The summed E-state index contributed by atoms with van der Waals surface area (Å²) in [4.78, 5) is 39.0. The van der Waals surface area contributed by atoms with Gasteiger partial charge in [-0.3, -0.25) is 14.4 Å². The Morgan fingerprint density at radius 1 is 1.23 bits per heavy atom. The molecule has 0 aromatic rings. The van der Waals surface area contributed by atoms with E-state index in [9.17, 15) is 14.4 Å². The second-order valence-corrected chi connectivity index (χ2v) is 13.8. The van der Waals surface area contributed by atoms with Gasteiger partial charge in [-0.2, -0.15) is 0 Å². The molecule has 0 unspecified atom stereocenters. The highest BCUT2D eigenvalue weighted by atomic mass is 16.7. The van der Waals surface area contributed by atoms with E-state index in [0.717, 1.165) is 37.7 Å². The summed E-state index contributed by atoms with van der Waals surface area (Å²) >= 11 is 0. The maximum atomic E-state index is 14.3. The fraction of sp³-hybridized carbons (Fsp3) is 0.781. The first kappa shape index (κ1) is 26.1. The van der Waals surface area contributed by atoms with Gasteiger partial charge in [-0.05, 0) is 50.0 Å². The SMILES string of the molecule is [2H]O[C@H]1C[C@@]2(C)[C@@H](C[C@H]3O[C@@H](C4CCCCC4)O[C@]32C(=O)COC(=O)C(C)C)[C@@H]2CC=C3CC(=O)C=C[C@]3(C)[C@H]21. The monoisotopic (exact) mass is 541 g/mol. The van der Waals surface area contributed by atoms with Crippen molar-refractivity contribution in [1.82, 2.24) is 0 Å². The van der Waals surface area contributed by atoms with Crippen LogP contribution in [0.1, 0.15) is 85.5 Å². The number of esters is 1. The maximum Gasteiger partial charge on any atom is 0.308 e. The Morgan fingerprint density at radius 2 is 2.00 bits per heavy atom. The van der Waals surface area contributed by atoms with Gasteiger partial charge in [0, 0.05) is 29.1 Å². The minimum atomic E-state index is -1.26. The topological polar surface area (TPSA) is 99.1 Å². The molecule has 0 spiro atoms. The third-order valence-electron chi connectivity index (χ3n) is 11.5. The van der Waals surface area contributed by atoms with E-state index in [1.54, 1.807) is 19.9 Å². The number of hydrogen-bond acceptors (Lipinski definition) is 7. The molecule has 0 amide bonds. The Balaban J connectivity index is 1.38. The van der Waals surface area contributed by atoms with Crippen molar-refractivity contribution in [1.29, 1.82) is 1.43 Å². The van der Waals surface area contributed by atoms with Gasteiger partial charge < -0.3 is 19.3 Å². The van der Waals surface area contributed by atoms with Gasteiger partial charge in [0.1, 0.15) is 0 Å². The van der Waals surface area contributed by atoms with Crippen molar-refractivity contribution in [2.75, 3.05) is 6.61 Å². The molecule has 0 bridgehead atoms. The number of ether oxygens (including phenoxy) is 3. The highest BCUT2D eigenvalue weighted by Gasteiger charge is 2.76. The summed E-state index contributed by atoms with van der Waals surface area (Å²) in [6, 6.07) is 0. The summed E-state index contributed by atoms with van der Waals surface area (Å²) < 4.78 is 27.3. The lowest BCUT2D eigenvalue weighted by Gasteiger charge is -2.59. The smallest absolute Gasteiger partial charge is 0.308 e. The quantitative estimate of drug-likeness (QED) is 0.384. The molecule has 1 heterocycles. The molecule has 1 N–H and O–H groups in total. The van der Waals surface area contributed by atoms with E-state index in [0.29, 0.717) is 19.3 Å². The van der Waals surface area contributed by atoms with E-state index in [1.165, 1.54) is 6.42 Å². The Labute approximate surface area is 233 Å². The van der Waals surface area contributed by atoms with Crippen molar-refractivity contribution in [3.63, 3.8) is 0 Å². The van der Waals surface area contributed by atoms with Crippen molar-refractivity contribution in [3.05, 3.63) is 23.8 Å². The molecule has 4 fully saturated rings. The molecular weight excluding hydrogens is 496 g/mol. The lowest BCUT2D eigenvalue weighted by atomic mass is 9.47. The third-order valence-corrected chi connectivity index (χ3v) is 11.5. The molecule has 1 aliphatic heterocycles. The fourth-order valence-corrected chi connectivity index (χ4v) is 9.49. The van der Waals surface area contributed by atoms with Gasteiger partial charge in [-0.25, -0.2) is 0 Å². The molecule has 9 atom stereocenters. The number of rotatable bonds is 6. The van der Waals surface area contributed by atoms with Gasteiger partial charge >= 0.3 is 5.97 Å². The Bertz CT molecular complexity index is 1120. The number of carbonyl (C=O) groups is 3. The number of hydrogen-bond donors (Lipinski definition) is 1. The van der Waals surface area contributed by atoms with Crippen LogP contribution in [0.15, 0.2) is 23.8 Å². The van der Waals surface area contributed by atoms with E-state index >= 15 is 0 Å². The summed E-state index contributed by atoms with van der Waals surface area (Å²) in [6.45, 7) is 7.46. The summed E-state index contributed by atoms with van der Waals surface area (Å²) in [5.41, 5.74) is -1.19. The zero-order valence-corrected chi connectivity index (χ0v) is 23.8. The van der Waals surface area contributed by atoms with Crippen LogP contribution in [0.2, 0.25) is 0 Å². The standard InChI is InChI=1S/C32H44O7/c1-18(2)28(36)37-17-25(35)32-26(38-29(39-32)19-8-6-5-7-9-19)15-23-22-11-10-20-14-21(33)12-13-30(20,3)27(22)24(34)16-31(23,32)4/h10,12-13,18-19,22-24,26-27,29,34H,5-9,11,14-17H2,1-4H3/t22-,23-,24-,26+,27+,29+,30-,31-,32+/m0/s1/i34D. The summed E-state index contributed by atoms with van der Waals surface area (Å²) in [5.74, 6) is -0.396. The van der Waals surface area contributed by atoms with Gasteiger partial charge in [-0.1, -0.05) is 64.7 Å². The summed E-state index contributed by atoms with van der Waals surface area (Å²) in [7, 11) is 0. The Hall–Kier alpha value is -1.83. The van der Waals surface area contributed by atoms with Crippen molar-refractivity contribution < 1.29 is 33.7 Å². The Morgan fingerprint density at radius 3 is 2.72 bits per heavy atom. The summed E-state index contributed by atoms with van der Waals surface area (Å²) in [5, 5.41) is 5.53. The van der Waals surface area contributed by atoms with Crippen molar-refractivity contribution in [3.8, 4) is 0 Å². The number of fused-ring (bicyclic) bond motifs is 7. The number of aliphatic hydroxyl groups excluding tert-OH is 1. The first-order chi connectivity index (χ1) is 19.0. The molecule has 214 valence electrons. The number of ketones is 2. The third kappa shape index (κ3) is 3.97. The molecule has 7 nitrogen and oxygen atoms in total. The van der Waals surface area contributed by atoms with Crippen LogP contribution in [0, 0.1) is 40.4 Å². The van der Waals surface area contributed by atoms with E-state index in [2.05, 4.69) is 19.9 Å². The van der Waals surface area contributed by atoms with E-state index < -0.39 is 35.5 Å². The maximum absolute atomic E-state index is 14.3. The Kier molecular flexibility index (Phi) is 6.44. The van der Waals surface area contributed by atoms with E-state index in [-0.39, 0.29) is 53.2 Å². The lowest BCUT2D eigenvalue weighted by Crippen LogP contribution is -2.63. The largest absolute Gasteiger partial charge is 0.457 e. The summed E-state index contributed by atoms with van der Waals surface area (Å²) in [6.07, 6.45) is 12.4. The molecule has 0 aromatic heterocycles. The van der Waals surface area contributed by atoms with Gasteiger partial charge in [0.25, 0.3) is 0 Å². The number of carbonyl (C=O) groups excluding carboxylic acids is 3. The fourth-order valence-electron chi connectivity index (χ4n) is 9.49. The van der Waals surface area contributed by atoms with Crippen LogP contribution >= 0.6 is 0 Å². The molecule has 6 aliphatic rings. The molecule has 0 aromatic carbocycles. The number of allylic oxidation sites excluding steroid dienone is 4. The van der Waals surface area contributed by atoms with Crippen molar-refractivity contribution in [2.45, 2.75) is 110 Å². The van der Waals surface area contributed by atoms with Gasteiger partial charge in [0.15, 0.2) is 24.3 Å². The highest BCUT2D eigenvalue weighted by Crippen LogP contribution is 2.69. The van der Waals surface area contributed by atoms with Gasteiger partial charge in [0.2, 0.25) is 7.21 Å². The van der Waals surface area contributed by atoms with Crippen LogP contribution in [0.3, 0.4) is 0 Å². The predicted octanol–water partition coefficient (Wildman–Crippen LogP) is 4.70. The van der Waals surface area contributed by atoms with Crippen LogP contribution in [0.4, 0.5) is 0 Å². The molecule has 7 heteroatoms. The molecule has 1 saturated heterocycles. The minimum Gasteiger partial charge on any atom is -0.457 e. The average Bonchev–Trinajstić information content (AvgIpc) is 3.45. The van der Waals surface area contributed by atoms with Crippen LogP contribution in [-0.4, -0.2) is 54.8 Å². The van der Waals surface area contributed by atoms with E-state index in [1.807, 2.05) is 6.08 Å². The van der Waals surface area contributed by atoms with Crippen LogP contribution in [-0.2, 0) is 28.6 Å². The molecule has 0 radical (unpaired) electrons. The average molecular weight is 542 g/mol. The molecular formula is C32H44O7. The van der Waals surface area contributed by atoms with Crippen LogP contribution in [0.25, 0.3) is 0 Å². The zero-order chi connectivity index (χ0) is 28.4. The first-order valence-corrected chi connectivity index (χ1v) is 15.1. The first-order valence-electron chi connectivity index (χ1n) is 15.5. The van der Waals surface area contributed by atoms with Crippen LogP contribution < -0.4 is 0 Å². The van der Waals surface area contributed by atoms with Crippen LogP contribution in [0.5, 0.6) is 0 Å². The van der Waals surface area contributed by atoms with Gasteiger partial charge in [0.05, 0.1) is 18.1 Å². The lowest BCUT2D eigenvalue weighted by molar-refractivity contribution is -0.208. The molecule has 5 aliphatic carbocycles. The van der Waals surface area contributed by atoms with E-state index in [4.69, 9.17) is 20.8 Å². The molecule has 6 rings (SSSR count). The highest BCUT2D eigenvalue weighted by molar-refractivity contribution is 5.94. The second-order valence-electron chi connectivity index (χ2n) is 13.8. The van der Waals surface area contributed by atoms with Gasteiger partial charge in [-0.15, -0.1) is 0 Å². The van der Waals surface area contributed by atoms with Crippen molar-refractivity contribution >= 4 is 17.5 Å². The molecule has 39 heavy (non-hydrogen) atoms. The predicted molar refractivity (Wildman–Crippen MR) is 143 cm³/mol. The molecule has 3 saturated carbocycles. The van der Waals surface area contributed by atoms with Crippen molar-refractivity contribution in [2.24, 2.45) is 40.4 Å². The second kappa shape index (κ2) is 9.63. The number of Topliss-reactive ketones (excluding diaryl/α,β-unsaturated/α-hetero) is 1. The minimum absolute atomic E-state index is 0.00585. The normalized spacial score (nSPS) is 45.6. The zero-order valence-electron chi connectivity index (χ0n) is 24.8. The number of aliphatic hydroxyl groups is 1.